The number of hydrogen-bond donors (Lipinski definition) is 0. The van der Waals surface area contributed by atoms with E-state index in [1.807, 2.05) is 6.92 Å². The summed E-state index contributed by atoms with van der Waals surface area (Å²) in [6.45, 7) is 4.82. The molecule has 1 nitrogen and oxygen atoms in total. The van der Waals surface area contributed by atoms with Gasteiger partial charge in [0.25, 0.3) is 0 Å². The van der Waals surface area contributed by atoms with Gasteiger partial charge in [-0.05, 0) is 6.42 Å². The summed E-state index contributed by atoms with van der Waals surface area (Å²) in [7, 11) is 0. The van der Waals surface area contributed by atoms with Crippen molar-refractivity contribution in [3.8, 4) is 0 Å². The lowest BCUT2D eigenvalue weighted by molar-refractivity contribution is 0.348. The largest absolute Gasteiger partial charge is 0.338 e. The first-order valence-corrected chi connectivity index (χ1v) is 7.36. The summed E-state index contributed by atoms with van der Waals surface area (Å²) >= 11 is 10.9. The van der Waals surface area contributed by atoms with E-state index in [0.29, 0.717) is 0 Å². The Balaban J connectivity index is 3.38. The fourth-order valence-electron chi connectivity index (χ4n) is 0.436. The van der Waals surface area contributed by atoms with Gasteiger partial charge in [-0.3, -0.25) is 0 Å². The van der Waals surface area contributed by atoms with Gasteiger partial charge in [-0.2, -0.15) is 0 Å². The lowest BCUT2D eigenvalue weighted by atomic mass is 10.4. The average Bonchev–Trinajstić information content (AvgIpc) is 1.89. The van der Waals surface area contributed by atoms with Crippen molar-refractivity contribution in [1.29, 1.82) is 0 Å². The lowest BCUT2D eigenvalue weighted by Crippen LogP contribution is -1.89. The van der Waals surface area contributed by atoms with Crippen LogP contribution in [0.1, 0.15) is 26.7 Å². The van der Waals surface area contributed by atoms with E-state index in [9.17, 15) is 0 Å². The van der Waals surface area contributed by atoms with Crippen LogP contribution >= 0.6 is 16.9 Å². The van der Waals surface area contributed by atoms with Crippen LogP contribution in [0.2, 0.25) is 0 Å². The Hall–Kier alpha value is 0.900. The third kappa shape index (κ3) is 5.67. The zero-order valence-electron chi connectivity index (χ0n) is 6.47. The summed E-state index contributed by atoms with van der Waals surface area (Å²) in [6.07, 6.45) is 2.98. The minimum Gasteiger partial charge on any atom is -0.338 e. The molecule has 0 aromatic rings. The molecule has 0 fully saturated rings. The van der Waals surface area contributed by atoms with Crippen molar-refractivity contribution in [3.63, 3.8) is 0 Å². The van der Waals surface area contributed by atoms with Crippen molar-refractivity contribution in [2.24, 2.45) is 0 Å². The first kappa shape index (κ1) is 10.9. The second-order valence-electron chi connectivity index (χ2n) is 2.09. The minimum atomic E-state index is -1.90. The van der Waals surface area contributed by atoms with Gasteiger partial charge in [-0.15, -0.1) is 0 Å². The van der Waals surface area contributed by atoms with Crippen LogP contribution < -0.4 is 0 Å². The van der Waals surface area contributed by atoms with Gasteiger partial charge in [-0.25, -0.2) is 0 Å². The molecule has 4 heteroatoms. The quantitative estimate of drug-likeness (QED) is 0.497. The maximum atomic E-state index is 5.86. The van der Waals surface area contributed by atoms with E-state index in [1.165, 1.54) is 0 Å². The normalized spacial score (nSPS) is 16.7. The van der Waals surface area contributed by atoms with E-state index in [0.717, 1.165) is 25.6 Å². The van der Waals surface area contributed by atoms with Crippen LogP contribution in [0.5, 0.6) is 0 Å². The predicted molar refractivity (Wildman–Crippen MR) is 51.5 cm³/mol. The smallest absolute Gasteiger partial charge is 0.151 e. The fraction of sp³-hybridized carbons (Fsp3) is 1.00. The lowest BCUT2D eigenvalue weighted by Gasteiger charge is -2.11. The van der Waals surface area contributed by atoms with Gasteiger partial charge in [0.2, 0.25) is 0 Å². The predicted octanol–water partition coefficient (Wildman–Crippen LogP) is 3.37. The second-order valence-corrected chi connectivity index (χ2v) is 8.17. The van der Waals surface area contributed by atoms with Gasteiger partial charge >= 0.3 is 0 Å². The van der Waals surface area contributed by atoms with Gasteiger partial charge < -0.3 is 4.52 Å². The van der Waals surface area contributed by atoms with E-state index in [1.54, 1.807) is 0 Å². The molecule has 1 unspecified atom stereocenters. The molecular formula is C6H14ClOPS. The van der Waals surface area contributed by atoms with Gasteiger partial charge in [0.05, 0.1) is 6.61 Å². The van der Waals surface area contributed by atoms with Crippen LogP contribution in [0.3, 0.4) is 0 Å². The van der Waals surface area contributed by atoms with Crippen molar-refractivity contribution < 1.29 is 4.52 Å². The van der Waals surface area contributed by atoms with E-state index in [-0.39, 0.29) is 0 Å². The highest BCUT2D eigenvalue weighted by Gasteiger charge is 2.08. The van der Waals surface area contributed by atoms with Crippen LogP contribution in [0.4, 0.5) is 0 Å². The Morgan fingerprint density at radius 2 is 2.10 bits per heavy atom. The maximum absolute atomic E-state index is 5.86. The molecule has 0 spiro atoms. The SMILES string of the molecule is CCCCOP(=S)(Cl)CC. The molecule has 0 aliphatic rings. The number of rotatable bonds is 5. The van der Waals surface area contributed by atoms with Crippen LogP contribution in [-0.2, 0) is 16.3 Å². The molecule has 62 valence electrons. The summed E-state index contributed by atoms with van der Waals surface area (Å²) < 4.78 is 5.31. The van der Waals surface area contributed by atoms with Crippen molar-refractivity contribution in [2.75, 3.05) is 12.8 Å². The number of halogens is 1. The molecule has 0 bridgehead atoms. The standard InChI is InChI=1S/C6H14ClOPS/c1-3-5-6-8-9(7,10)4-2/h3-6H2,1-2H3. The molecule has 0 aliphatic carbocycles. The summed E-state index contributed by atoms with van der Waals surface area (Å²) in [5, 5.41) is 0. The van der Waals surface area contributed by atoms with E-state index in [2.05, 4.69) is 6.92 Å². The molecule has 0 amide bonds. The highest BCUT2D eigenvalue weighted by Crippen LogP contribution is 2.52. The van der Waals surface area contributed by atoms with Crippen molar-refractivity contribution in [3.05, 3.63) is 0 Å². The van der Waals surface area contributed by atoms with Crippen molar-refractivity contribution in [1.82, 2.24) is 0 Å². The highest BCUT2D eigenvalue weighted by atomic mass is 35.7. The van der Waals surface area contributed by atoms with Crippen LogP contribution in [0.25, 0.3) is 0 Å². The summed E-state index contributed by atoms with van der Waals surface area (Å²) in [5.41, 5.74) is -1.90. The third-order valence-electron chi connectivity index (χ3n) is 1.16. The maximum Gasteiger partial charge on any atom is 0.151 e. The molecule has 0 heterocycles. The molecule has 0 aromatic heterocycles. The first-order valence-electron chi connectivity index (χ1n) is 3.55. The summed E-state index contributed by atoms with van der Waals surface area (Å²) in [5.74, 6) is 0. The van der Waals surface area contributed by atoms with E-state index < -0.39 is 5.62 Å². The average molecular weight is 201 g/mol. The number of hydrogen-bond acceptors (Lipinski definition) is 2. The zero-order chi connectivity index (χ0) is 8.04. The van der Waals surface area contributed by atoms with Crippen LogP contribution in [0, 0.1) is 0 Å². The van der Waals surface area contributed by atoms with Crippen LogP contribution in [-0.4, -0.2) is 12.8 Å². The molecule has 0 aromatic carbocycles. The summed E-state index contributed by atoms with van der Waals surface area (Å²) in [4.78, 5) is 0. The Morgan fingerprint density at radius 3 is 2.50 bits per heavy atom. The zero-order valence-corrected chi connectivity index (χ0v) is 8.94. The minimum absolute atomic E-state index is 0.727. The Bertz CT molecular complexity index is 129. The Labute approximate surface area is 73.0 Å². The second kappa shape index (κ2) is 5.54. The molecule has 0 saturated heterocycles. The van der Waals surface area contributed by atoms with Gasteiger partial charge in [0.1, 0.15) is 0 Å². The fourth-order valence-corrected chi connectivity index (χ4v) is 1.45. The number of unbranched alkanes of at least 4 members (excludes halogenated alkanes) is 1. The summed E-state index contributed by atoms with van der Waals surface area (Å²) in [6, 6.07) is 0. The monoisotopic (exact) mass is 200 g/mol. The molecule has 0 rings (SSSR count). The van der Waals surface area contributed by atoms with Gasteiger partial charge in [-0.1, -0.05) is 43.3 Å². The van der Waals surface area contributed by atoms with E-state index in [4.69, 9.17) is 27.6 Å². The third-order valence-corrected chi connectivity index (χ3v) is 4.58. The Morgan fingerprint density at radius 1 is 1.50 bits per heavy atom. The van der Waals surface area contributed by atoms with Crippen molar-refractivity contribution in [2.45, 2.75) is 26.7 Å². The van der Waals surface area contributed by atoms with Crippen molar-refractivity contribution >= 4 is 28.7 Å². The molecular weight excluding hydrogens is 187 g/mol. The van der Waals surface area contributed by atoms with Crippen LogP contribution in [0.15, 0.2) is 0 Å². The van der Waals surface area contributed by atoms with Gasteiger partial charge in [0.15, 0.2) is 5.62 Å². The molecule has 10 heavy (non-hydrogen) atoms. The molecule has 0 N–H and O–H groups in total. The highest BCUT2D eigenvalue weighted by molar-refractivity contribution is 8.24. The van der Waals surface area contributed by atoms with E-state index >= 15 is 0 Å². The molecule has 0 saturated carbocycles. The first-order chi connectivity index (χ1) is 4.62. The van der Waals surface area contributed by atoms with Gasteiger partial charge in [0, 0.05) is 6.16 Å². The Kier molecular flexibility index (Phi) is 6.04. The molecule has 0 aliphatic heterocycles. The molecule has 0 radical (unpaired) electrons. The molecule has 1 atom stereocenters. The topological polar surface area (TPSA) is 9.23 Å².